The first kappa shape index (κ1) is 14.0. The van der Waals surface area contributed by atoms with E-state index in [4.69, 9.17) is 5.11 Å². The molecule has 0 spiro atoms. The van der Waals surface area contributed by atoms with Gasteiger partial charge in [0.15, 0.2) is 0 Å². The first-order valence-corrected chi connectivity index (χ1v) is 6.49. The number of aliphatic carboxylic acids is 1. The van der Waals surface area contributed by atoms with Gasteiger partial charge >= 0.3 is 5.97 Å². The summed E-state index contributed by atoms with van der Waals surface area (Å²) in [6.45, 7) is 6.82. The second-order valence-electron chi connectivity index (χ2n) is 5.10. The number of hydrogen-bond acceptors (Lipinski definition) is 2. The normalized spacial score (nSPS) is 23.5. The van der Waals surface area contributed by atoms with Gasteiger partial charge in [0.25, 0.3) is 0 Å². The van der Waals surface area contributed by atoms with Crippen LogP contribution >= 0.6 is 0 Å². The molecule has 1 saturated heterocycles. The summed E-state index contributed by atoms with van der Waals surface area (Å²) in [6, 6.07) is -0.0912. The lowest BCUT2D eigenvalue weighted by atomic mass is 9.92. The summed E-state index contributed by atoms with van der Waals surface area (Å²) in [7, 11) is 0. The minimum atomic E-state index is -0.814. The summed E-state index contributed by atoms with van der Waals surface area (Å²) >= 11 is 0. The van der Waals surface area contributed by atoms with E-state index in [0.29, 0.717) is 5.92 Å². The second-order valence-corrected chi connectivity index (χ2v) is 5.10. The number of nitrogens with zero attached hydrogens (tertiary/aromatic N) is 1. The van der Waals surface area contributed by atoms with Gasteiger partial charge in [-0.2, -0.15) is 0 Å². The van der Waals surface area contributed by atoms with E-state index in [-0.39, 0.29) is 24.3 Å². The molecule has 1 aliphatic heterocycles. The first-order chi connectivity index (χ1) is 7.97. The van der Waals surface area contributed by atoms with Gasteiger partial charge in [0.1, 0.15) is 0 Å². The van der Waals surface area contributed by atoms with Crippen molar-refractivity contribution in [2.24, 2.45) is 11.8 Å². The highest BCUT2D eigenvalue weighted by molar-refractivity contribution is 5.80. The molecule has 17 heavy (non-hydrogen) atoms. The van der Waals surface area contributed by atoms with Crippen LogP contribution in [0.25, 0.3) is 0 Å². The number of likely N-dealkylation sites (tertiary alicyclic amines) is 1. The van der Waals surface area contributed by atoms with Crippen LogP contribution in [0.4, 0.5) is 0 Å². The van der Waals surface area contributed by atoms with E-state index < -0.39 is 5.97 Å². The molecular formula is C13H23NO3. The molecule has 1 fully saturated rings. The Morgan fingerprint density at radius 2 is 2.06 bits per heavy atom. The monoisotopic (exact) mass is 241 g/mol. The third kappa shape index (κ3) is 3.45. The lowest BCUT2D eigenvalue weighted by Crippen LogP contribution is -2.41. The molecule has 0 saturated carbocycles. The lowest BCUT2D eigenvalue weighted by molar-refractivity contribution is -0.141. The fraction of sp³-hybridized carbons (Fsp3) is 0.846. The fourth-order valence-electron chi connectivity index (χ4n) is 2.40. The van der Waals surface area contributed by atoms with Gasteiger partial charge in [-0.25, -0.2) is 0 Å². The number of carbonyl (C=O) groups excluding carboxylic acids is 1. The number of carboxylic acids is 1. The van der Waals surface area contributed by atoms with Crippen LogP contribution in [-0.2, 0) is 9.59 Å². The van der Waals surface area contributed by atoms with Crippen LogP contribution in [0.5, 0.6) is 0 Å². The summed E-state index contributed by atoms with van der Waals surface area (Å²) < 4.78 is 0. The van der Waals surface area contributed by atoms with Crippen molar-refractivity contribution < 1.29 is 14.7 Å². The van der Waals surface area contributed by atoms with E-state index in [9.17, 15) is 9.59 Å². The second kappa shape index (κ2) is 6.03. The Morgan fingerprint density at radius 1 is 1.41 bits per heavy atom. The maximum atomic E-state index is 12.3. The van der Waals surface area contributed by atoms with Gasteiger partial charge in [0, 0.05) is 18.5 Å². The molecule has 4 nitrogen and oxygen atoms in total. The van der Waals surface area contributed by atoms with Crippen molar-refractivity contribution in [2.75, 3.05) is 6.54 Å². The molecule has 3 unspecified atom stereocenters. The zero-order chi connectivity index (χ0) is 13.0. The highest BCUT2D eigenvalue weighted by Gasteiger charge is 2.33. The van der Waals surface area contributed by atoms with Gasteiger partial charge in [-0.15, -0.1) is 0 Å². The minimum absolute atomic E-state index is 0.00519. The van der Waals surface area contributed by atoms with Crippen molar-refractivity contribution in [1.82, 2.24) is 4.90 Å². The molecule has 1 aliphatic rings. The molecule has 0 radical (unpaired) electrons. The van der Waals surface area contributed by atoms with Gasteiger partial charge in [-0.1, -0.05) is 27.2 Å². The molecule has 1 N–H and O–H groups in total. The largest absolute Gasteiger partial charge is 0.481 e. The summed E-state index contributed by atoms with van der Waals surface area (Å²) in [6.07, 6.45) is 2.81. The molecule has 1 rings (SSSR count). The zero-order valence-corrected chi connectivity index (χ0v) is 11.0. The number of rotatable bonds is 5. The molecule has 3 atom stereocenters. The quantitative estimate of drug-likeness (QED) is 0.802. The van der Waals surface area contributed by atoms with Crippen LogP contribution in [0.2, 0.25) is 0 Å². The Balaban J connectivity index is 2.64. The molecule has 1 amide bonds. The third-order valence-corrected chi connectivity index (χ3v) is 3.96. The molecule has 0 bridgehead atoms. The Bertz CT molecular complexity index is 290. The van der Waals surface area contributed by atoms with Crippen molar-refractivity contribution in [3.63, 3.8) is 0 Å². The van der Waals surface area contributed by atoms with Crippen LogP contribution in [0.3, 0.4) is 0 Å². The molecule has 4 heteroatoms. The lowest BCUT2D eigenvalue weighted by Gasteiger charge is -2.28. The Kier molecular flexibility index (Phi) is 4.97. The van der Waals surface area contributed by atoms with Crippen LogP contribution < -0.4 is 0 Å². The standard InChI is InChI=1S/C13H23NO3/c1-4-9(2)10(3)13(17)14-7-5-6-11(14)8-12(15)16/h9-11H,4-8H2,1-3H3,(H,15,16). The number of carbonyl (C=O) groups is 2. The van der Waals surface area contributed by atoms with E-state index >= 15 is 0 Å². The SMILES string of the molecule is CCC(C)C(C)C(=O)N1CCCC1CC(=O)O. The number of carboxylic acid groups (broad SMARTS) is 1. The van der Waals surface area contributed by atoms with Gasteiger partial charge in [0.05, 0.1) is 6.42 Å². The molecule has 98 valence electrons. The molecule has 0 aromatic heterocycles. The Morgan fingerprint density at radius 3 is 2.59 bits per heavy atom. The molecular weight excluding hydrogens is 218 g/mol. The van der Waals surface area contributed by atoms with Gasteiger partial charge in [-0.3, -0.25) is 9.59 Å². The minimum Gasteiger partial charge on any atom is -0.481 e. The summed E-state index contributed by atoms with van der Waals surface area (Å²) in [5.74, 6) is -0.336. The topological polar surface area (TPSA) is 57.6 Å². The van der Waals surface area contributed by atoms with Crippen LogP contribution in [-0.4, -0.2) is 34.5 Å². The third-order valence-electron chi connectivity index (χ3n) is 3.96. The molecule has 1 heterocycles. The maximum absolute atomic E-state index is 12.3. The number of amides is 1. The molecule has 0 aromatic rings. The smallest absolute Gasteiger partial charge is 0.305 e. The van der Waals surface area contributed by atoms with Crippen LogP contribution in [0.15, 0.2) is 0 Å². The summed E-state index contributed by atoms with van der Waals surface area (Å²) in [5.41, 5.74) is 0. The van der Waals surface area contributed by atoms with Crippen molar-refractivity contribution in [2.45, 2.75) is 52.5 Å². The predicted molar refractivity (Wildman–Crippen MR) is 65.6 cm³/mol. The van der Waals surface area contributed by atoms with Crippen LogP contribution in [0, 0.1) is 11.8 Å². The number of hydrogen-bond donors (Lipinski definition) is 1. The van der Waals surface area contributed by atoms with E-state index in [1.165, 1.54) is 0 Å². The maximum Gasteiger partial charge on any atom is 0.305 e. The first-order valence-electron chi connectivity index (χ1n) is 6.49. The Hall–Kier alpha value is -1.06. The highest BCUT2D eigenvalue weighted by Crippen LogP contribution is 2.25. The van der Waals surface area contributed by atoms with Gasteiger partial charge < -0.3 is 10.0 Å². The van der Waals surface area contributed by atoms with Gasteiger partial charge in [0.2, 0.25) is 5.91 Å². The highest BCUT2D eigenvalue weighted by atomic mass is 16.4. The average molecular weight is 241 g/mol. The molecule has 0 aliphatic carbocycles. The predicted octanol–water partition coefficient (Wildman–Crippen LogP) is 2.13. The van der Waals surface area contributed by atoms with E-state index in [2.05, 4.69) is 13.8 Å². The summed E-state index contributed by atoms with van der Waals surface area (Å²) in [4.78, 5) is 24.8. The zero-order valence-electron chi connectivity index (χ0n) is 11.0. The molecule has 0 aromatic carbocycles. The summed E-state index contributed by atoms with van der Waals surface area (Å²) in [5, 5.41) is 8.83. The Labute approximate surface area is 103 Å². The van der Waals surface area contributed by atoms with Crippen molar-refractivity contribution >= 4 is 11.9 Å². The van der Waals surface area contributed by atoms with Gasteiger partial charge in [-0.05, 0) is 18.8 Å². The average Bonchev–Trinajstić information content (AvgIpc) is 2.73. The van der Waals surface area contributed by atoms with Crippen molar-refractivity contribution in [3.8, 4) is 0 Å². The van der Waals surface area contributed by atoms with Crippen molar-refractivity contribution in [1.29, 1.82) is 0 Å². The van der Waals surface area contributed by atoms with E-state index in [1.807, 2.05) is 6.92 Å². The van der Waals surface area contributed by atoms with Crippen molar-refractivity contribution in [3.05, 3.63) is 0 Å². The van der Waals surface area contributed by atoms with E-state index in [0.717, 1.165) is 25.8 Å². The van der Waals surface area contributed by atoms with E-state index in [1.54, 1.807) is 4.90 Å². The fourth-order valence-corrected chi connectivity index (χ4v) is 2.40. The van der Waals surface area contributed by atoms with Crippen LogP contribution in [0.1, 0.15) is 46.5 Å².